The Bertz CT molecular complexity index is 1330. The molecule has 1 saturated carbocycles. The number of methoxy groups -OCH3 is 1. The molecule has 1 fully saturated rings. The number of amides is 2. The summed E-state index contributed by atoms with van der Waals surface area (Å²) in [6.45, 7) is 0. The van der Waals surface area contributed by atoms with Gasteiger partial charge < -0.3 is 20.5 Å². The standard InChI is InChI=1S/C26H27N7O3/c1-35-20-12-8-19(9-13-20)33-24(14-22(32-33)17-4-2-3-5-17)31-26(34)30-18-6-10-21(11-7-18)36-25-15-23(27)28-16-29-25/h6-17H,2-5H2,1H3,(H2,27,28,29)(H2,30,31,34). The van der Waals surface area contributed by atoms with E-state index in [0.717, 1.165) is 30.0 Å². The minimum Gasteiger partial charge on any atom is -0.497 e. The van der Waals surface area contributed by atoms with Gasteiger partial charge in [0.05, 0.1) is 18.5 Å². The lowest BCUT2D eigenvalue weighted by molar-refractivity contribution is 0.262. The maximum atomic E-state index is 12.9. The van der Waals surface area contributed by atoms with Crippen LogP contribution in [0, 0.1) is 0 Å². The van der Waals surface area contributed by atoms with Gasteiger partial charge >= 0.3 is 6.03 Å². The molecule has 0 atom stereocenters. The average Bonchev–Trinajstić information content (AvgIpc) is 3.56. The van der Waals surface area contributed by atoms with E-state index >= 15 is 0 Å². The predicted molar refractivity (Wildman–Crippen MR) is 137 cm³/mol. The van der Waals surface area contributed by atoms with E-state index in [1.54, 1.807) is 36.1 Å². The summed E-state index contributed by atoms with van der Waals surface area (Å²) in [7, 11) is 1.63. The Labute approximate surface area is 208 Å². The van der Waals surface area contributed by atoms with Crippen LogP contribution in [0.4, 0.5) is 22.1 Å². The van der Waals surface area contributed by atoms with E-state index in [0.29, 0.717) is 34.9 Å². The molecule has 0 aliphatic heterocycles. The Morgan fingerprint density at radius 2 is 1.69 bits per heavy atom. The molecule has 10 heteroatoms. The second kappa shape index (κ2) is 10.3. The number of nitrogens with one attached hydrogen (secondary N) is 2. The number of urea groups is 1. The summed E-state index contributed by atoms with van der Waals surface area (Å²) >= 11 is 0. The average molecular weight is 486 g/mol. The van der Waals surface area contributed by atoms with Gasteiger partial charge in [-0.25, -0.2) is 19.4 Å². The monoisotopic (exact) mass is 485 g/mol. The van der Waals surface area contributed by atoms with E-state index in [-0.39, 0.29) is 6.03 Å². The zero-order valence-electron chi connectivity index (χ0n) is 19.8. The van der Waals surface area contributed by atoms with Crippen LogP contribution in [0.15, 0.2) is 67.0 Å². The Morgan fingerprint density at radius 3 is 2.39 bits per heavy atom. The maximum absolute atomic E-state index is 12.9. The lowest BCUT2D eigenvalue weighted by Gasteiger charge is -2.11. The highest BCUT2D eigenvalue weighted by molar-refractivity contribution is 5.99. The van der Waals surface area contributed by atoms with Gasteiger partial charge in [0.1, 0.15) is 29.5 Å². The van der Waals surface area contributed by atoms with Crippen LogP contribution in [0.1, 0.15) is 37.3 Å². The molecule has 1 aliphatic rings. The van der Waals surface area contributed by atoms with E-state index < -0.39 is 0 Å². The maximum Gasteiger partial charge on any atom is 0.324 e. The first kappa shape index (κ1) is 23.2. The van der Waals surface area contributed by atoms with Crippen LogP contribution in [0.5, 0.6) is 17.4 Å². The highest BCUT2D eigenvalue weighted by Gasteiger charge is 2.22. The van der Waals surface area contributed by atoms with Crippen molar-refractivity contribution in [2.24, 2.45) is 0 Å². The SMILES string of the molecule is COc1ccc(-n2nc(C3CCCC3)cc2NC(=O)Nc2ccc(Oc3cc(N)ncn3)cc2)cc1. The number of hydrogen-bond acceptors (Lipinski definition) is 7. The van der Waals surface area contributed by atoms with E-state index in [2.05, 4.69) is 20.6 Å². The van der Waals surface area contributed by atoms with Crippen LogP contribution in [-0.4, -0.2) is 32.9 Å². The zero-order chi connectivity index (χ0) is 24.9. The molecular weight excluding hydrogens is 458 g/mol. The van der Waals surface area contributed by atoms with Gasteiger partial charge in [0.2, 0.25) is 5.88 Å². The molecule has 5 rings (SSSR count). The number of hydrogen-bond donors (Lipinski definition) is 3. The molecule has 2 aromatic carbocycles. The van der Waals surface area contributed by atoms with Crippen LogP contribution >= 0.6 is 0 Å². The Hall–Kier alpha value is -4.60. The Morgan fingerprint density at radius 1 is 0.972 bits per heavy atom. The first-order valence-corrected chi connectivity index (χ1v) is 11.8. The lowest BCUT2D eigenvalue weighted by atomic mass is 10.0. The van der Waals surface area contributed by atoms with Gasteiger partial charge in [0.15, 0.2) is 0 Å². The molecule has 4 aromatic rings. The molecule has 10 nitrogen and oxygen atoms in total. The summed E-state index contributed by atoms with van der Waals surface area (Å²) in [4.78, 5) is 20.7. The summed E-state index contributed by atoms with van der Waals surface area (Å²) in [6.07, 6.45) is 5.96. The number of anilines is 3. The number of aromatic nitrogens is 4. The number of rotatable bonds is 7. The fraction of sp³-hybridized carbons (Fsp3) is 0.231. The molecular formula is C26H27N7O3. The first-order chi connectivity index (χ1) is 17.6. The molecule has 0 unspecified atom stereocenters. The van der Waals surface area contributed by atoms with E-state index in [1.807, 2.05) is 30.3 Å². The molecule has 0 spiro atoms. The van der Waals surface area contributed by atoms with Crippen LogP contribution in [0.3, 0.4) is 0 Å². The normalized spacial score (nSPS) is 13.4. The minimum absolute atomic E-state index is 0.319. The first-order valence-electron chi connectivity index (χ1n) is 11.8. The van der Waals surface area contributed by atoms with Gasteiger partial charge in [0.25, 0.3) is 0 Å². The van der Waals surface area contributed by atoms with E-state index in [9.17, 15) is 4.79 Å². The van der Waals surface area contributed by atoms with Crippen LogP contribution < -0.4 is 25.8 Å². The Kier molecular flexibility index (Phi) is 6.65. The molecule has 184 valence electrons. The van der Waals surface area contributed by atoms with Gasteiger partial charge in [-0.1, -0.05) is 12.8 Å². The van der Waals surface area contributed by atoms with Gasteiger partial charge in [-0.05, 0) is 61.4 Å². The van der Waals surface area contributed by atoms with Crippen LogP contribution in [0.2, 0.25) is 0 Å². The summed E-state index contributed by atoms with van der Waals surface area (Å²) in [5.41, 5.74) is 8.09. The van der Waals surface area contributed by atoms with Gasteiger partial charge in [-0.3, -0.25) is 5.32 Å². The van der Waals surface area contributed by atoms with Crippen molar-refractivity contribution in [3.8, 4) is 23.1 Å². The van der Waals surface area contributed by atoms with E-state index in [1.165, 1.54) is 25.2 Å². The van der Waals surface area contributed by atoms with E-state index in [4.69, 9.17) is 20.3 Å². The Balaban J connectivity index is 1.29. The molecule has 1 aliphatic carbocycles. The number of ether oxygens (including phenoxy) is 2. The second-order valence-corrected chi connectivity index (χ2v) is 8.53. The largest absolute Gasteiger partial charge is 0.497 e. The minimum atomic E-state index is -0.375. The van der Waals surface area contributed by atoms with Crippen molar-refractivity contribution < 1.29 is 14.3 Å². The number of nitrogen functional groups attached to an aromatic ring is 1. The van der Waals surface area contributed by atoms with Crippen LogP contribution in [0.25, 0.3) is 5.69 Å². The van der Waals surface area contributed by atoms with Crippen molar-refractivity contribution >= 4 is 23.4 Å². The summed E-state index contributed by atoms with van der Waals surface area (Å²) in [5.74, 6) is 2.97. The number of carbonyl (C=O) groups is 1. The molecule has 4 N–H and O–H groups in total. The highest BCUT2D eigenvalue weighted by Crippen LogP contribution is 2.35. The van der Waals surface area contributed by atoms with Gasteiger partial charge in [-0.15, -0.1) is 0 Å². The third kappa shape index (κ3) is 5.38. The van der Waals surface area contributed by atoms with Crippen molar-refractivity contribution in [1.29, 1.82) is 0 Å². The summed E-state index contributed by atoms with van der Waals surface area (Å²) in [6, 6.07) is 17.6. The fourth-order valence-electron chi connectivity index (χ4n) is 4.24. The molecule has 0 bridgehead atoms. The third-order valence-electron chi connectivity index (χ3n) is 6.06. The number of benzene rings is 2. The lowest BCUT2D eigenvalue weighted by Crippen LogP contribution is -2.21. The quantitative estimate of drug-likeness (QED) is 0.322. The third-order valence-corrected chi connectivity index (χ3v) is 6.06. The fourth-order valence-corrected chi connectivity index (χ4v) is 4.24. The number of nitrogens with zero attached hydrogens (tertiary/aromatic N) is 4. The molecule has 36 heavy (non-hydrogen) atoms. The molecule has 0 radical (unpaired) electrons. The van der Waals surface area contributed by atoms with Crippen molar-refractivity contribution in [1.82, 2.24) is 19.7 Å². The molecule has 2 heterocycles. The predicted octanol–water partition coefficient (Wildman–Crippen LogP) is 5.35. The molecule has 2 amide bonds. The van der Waals surface area contributed by atoms with Crippen molar-refractivity contribution in [3.05, 3.63) is 72.7 Å². The highest BCUT2D eigenvalue weighted by atomic mass is 16.5. The van der Waals surface area contributed by atoms with Gasteiger partial charge in [0, 0.05) is 23.7 Å². The summed E-state index contributed by atoms with van der Waals surface area (Å²) < 4.78 is 12.7. The number of nitrogens with two attached hydrogens (primary N) is 1. The number of carbonyl (C=O) groups excluding carboxylic acids is 1. The van der Waals surface area contributed by atoms with Crippen molar-refractivity contribution in [3.63, 3.8) is 0 Å². The van der Waals surface area contributed by atoms with Crippen molar-refractivity contribution in [2.75, 3.05) is 23.5 Å². The smallest absolute Gasteiger partial charge is 0.324 e. The topological polar surface area (TPSA) is 129 Å². The summed E-state index contributed by atoms with van der Waals surface area (Å²) in [5, 5.41) is 10.6. The van der Waals surface area contributed by atoms with Gasteiger partial charge in [-0.2, -0.15) is 5.10 Å². The second-order valence-electron chi connectivity index (χ2n) is 8.53. The zero-order valence-corrected chi connectivity index (χ0v) is 19.8. The van der Waals surface area contributed by atoms with Crippen LogP contribution in [-0.2, 0) is 0 Å². The van der Waals surface area contributed by atoms with Crippen molar-refractivity contribution in [2.45, 2.75) is 31.6 Å². The molecule has 2 aromatic heterocycles. The molecule has 0 saturated heterocycles.